The van der Waals surface area contributed by atoms with Crippen molar-refractivity contribution in [1.82, 2.24) is 4.98 Å². The first kappa shape index (κ1) is 9.49. The van der Waals surface area contributed by atoms with Gasteiger partial charge in [0.2, 0.25) is 0 Å². The molecule has 2 heterocycles. The summed E-state index contributed by atoms with van der Waals surface area (Å²) in [6.07, 6.45) is 4.86. The van der Waals surface area contributed by atoms with Crippen molar-refractivity contribution in [3.05, 3.63) is 40.9 Å². The normalized spacial score (nSPS) is 17.4. The van der Waals surface area contributed by atoms with Crippen LogP contribution in [-0.2, 0) is 4.74 Å². The van der Waals surface area contributed by atoms with Gasteiger partial charge in [-0.15, -0.1) is 0 Å². The summed E-state index contributed by atoms with van der Waals surface area (Å²) in [5.41, 5.74) is 1.57. The predicted octanol–water partition coefficient (Wildman–Crippen LogP) is 2.07. The minimum Gasteiger partial charge on any atom is -0.501 e. The van der Waals surface area contributed by atoms with Crippen LogP contribution in [0.4, 0.5) is 0 Å². The van der Waals surface area contributed by atoms with Crippen LogP contribution in [0.2, 0.25) is 5.02 Å². The number of nitrogens with zero attached hydrogens (tertiary/aromatic N) is 1. The Kier molecular flexibility index (Phi) is 2.70. The summed E-state index contributed by atoms with van der Waals surface area (Å²) in [4.78, 5) is 3.92. The van der Waals surface area contributed by atoms with Crippen molar-refractivity contribution < 1.29 is 9.84 Å². The van der Waals surface area contributed by atoms with E-state index in [0.29, 0.717) is 17.2 Å². The molecule has 0 saturated carbocycles. The maximum atomic E-state index is 9.90. The molecule has 0 fully saturated rings. The number of pyridine rings is 1. The summed E-state index contributed by atoms with van der Waals surface area (Å²) >= 11 is 5.77. The quantitative estimate of drug-likeness (QED) is 0.815. The minimum atomic E-state index is -0.649. The maximum Gasteiger partial charge on any atom is 0.105 e. The Balaban J connectivity index is 2.22. The van der Waals surface area contributed by atoms with Crippen LogP contribution in [0.3, 0.4) is 0 Å². The van der Waals surface area contributed by atoms with Crippen LogP contribution in [0.5, 0.6) is 0 Å². The number of aliphatic hydroxyl groups excluding tert-OH is 1. The number of aromatic nitrogens is 1. The third-order valence-electron chi connectivity index (χ3n) is 2.14. The fourth-order valence-corrected chi connectivity index (χ4v) is 1.58. The van der Waals surface area contributed by atoms with Gasteiger partial charge in [0, 0.05) is 30.0 Å². The molecule has 74 valence electrons. The van der Waals surface area contributed by atoms with Crippen molar-refractivity contribution in [3.63, 3.8) is 0 Å². The number of aliphatic hydroxyl groups is 1. The Morgan fingerprint density at radius 3 is 3.00 bits per heavy atom. The second-order valence-electron chi connectivity index (χ2n) is 3.15. The van der Waals surface area contributed by atoms with E-state index in [0.717, 1.165) is 12.0 Å². The zero-order chi connectivity index (χ0) is 9.97. The van der Waals surface area contributed by atoms with Crippen LogP contribution in [0.1, 0.15) is 18.1 Å². The SMILES string of the molecule is OC(C1=COCC1)c1cncc(Cl)c1. The molecule has 0 radical (unpaired) electrons. The molecule has 1 aromatic heterocycles. The lowest BCUT2D eigenvalue weighted by Crippen LogP contribution is -2.00. The van der Waals surface area contributed by atoms with Crippen LogP contribution < -0.4 is 0 Å². The maximum absolute atomic E-state index is 9.90. The first-order chi connectivity index (χ1) is 6.77. The van der Waals surface area contributed by atoms with Crippen molar-refractivity contribution >= 4 is 11.6 Å². The van der Waals surface area contributed by atoms with E-state index in [1.807, 2.05) is 0 Å². The van der Waals surface area contributed by atoms with E-state index in [9.17, 15) is 5.11 Å². The fraction of sp³-hybridized carbons (Fsp3) is 0.300. The van der Waals surface area contributed by atoms with Crippen LogP contribution >= 0.6 is 11.6 Å². The molecule has 1 N–H and O–H groups in total. The highest BCUT2D eigenvalue weighted by molar-refractivity contribution is 6.30. The molecule has 0 amide bonds. The Morgan fingerprint density at radius 1 is 1.50 bits per heavy atom. The summed E-state index contributed by atoms with van der Waals surface area (Å²) in [6.45, 7) is 0.639. The smallest absolute Gasteiger partial charge is 0.105 e. The first-order valence-corrected chi connectivity index (χ1v) is 4.74. The molecular formula is C10H10ClNO2. The van der Waals surface area contributed by atoms with Gasteiger partial charge in [0.15, 0.2) is 0 Å². The van der Waals surface area contributed by atoms with Gasteiger partial charge in [0.1, 0.15) is 6.10 Å². The van der Waals surface area contributed by atoms with E-state index >= 15 is 0 Å². The second kappa shape index (κ2) is 3.98. The predicted molar refractivity (Wildman–Crippen MR) is 52.9 cm³/mol. The van der Waals surface area contributed by atoms with Gasteiger partial charge in [0.05, 0.1) is 17.9 Å². The van der Waals surface area contributed by atoms with Gasteiger partial charge in [-0.2, -0.15) is 0 Å². The standard InChI is InChI=1S/C10H10ClNO2/c11-9-3-8(4-12-5-9)10(13)7-1-2-14-6-7/h3-6,10,13H,1-2H2. The van der Waals surface area contributed by atoms with E-state index in [1.54, 1.807) is 18.5 Å². The third kappa shape index (κ3) is 1.89. The van der Waals surface area contributed by atoms with Crippen LogP contribution in [0.25, 0.3) is 0 Å². The van der Waals surface area contributed by atoms with E-state index in [1.165, 1.54) is 6.20 Å². The molecule has 3 nitrogen and oxygen atoms in total. The Labute approximate surface area is 87.0 Å². The highest BCUT2D eigenvalue weighted by Crippen LogP contribution is 2.27. The number of hydrogen-bond donors (Lipinski definition) is 1. The van der Waals surface area contributed by atoms with Gasteiger partial charge in [-0.3, -0.25) is 4.98 Å². The monoisotopic (exact) mass is 211 g/mol. The van der Waals surface area contributed by atoms with Crippen molar-refractivity contribution in [1.29, 1.82) is 0 Å². The molecule has 0 aliphatic carbocycles. The van der Waals surface area contributed by atoms with Crippen molar-refractivity contribution in [2.45, 2.75) is 12.5 Å². The average molecular weight is 212 g/mol. The summed E-state index contributed by atoms with van der Waals surface area (Å²) < 4.78 is 5.05. The second-order valence-corrected chi connectivity index (χ2v) is 3.59. The van der Waals surface area contributed by atoms with E-state index < -0.39 is 6.10 Å². The van der Waals surface area contributed by atoms with Crippen LogP contribution in [0.15, 0.2) is 30.3 Å². The van der Waals surface area contributed by atoms with E-state index in [2.05, 4.69) is 4.98 Å². The van der Waals surface area contributed by atoms with Crippen LogP contribution in [0, 0.1) is 0 Å². The van der Waals surface area contributed by atoms with Crippen molar-refractivity contribution in [2.75, 3.05) is 6.61 Å². The lowest BCUT2D eigenvalue weighted by atomic mass is 10.0. The Morgan fingerprint density at radius 2 is 2.36 bits per heavy atom. The topological polar surface area (TPSA) is 42.4 Å². The molecule has 4 heteroatoms. The molecule has 14 heavy (non-hydrogen) atoms. The zero-order valence-corrected chi connectivity index (χ0v) is 8.24. The number of ether oxygens (including phenoxy) is 1. The van der Waals surface area contributed by atoms with Gasteiger partial charge in [0.25, 0.3) is 0 Å². The molecule has 1 aliphatic rings. The lowest BCUT2D eigenvalue weighted by Gasteiger charge is -2.10. The van der Waals surface area contributed by atoms with Gasteiger partial charge < -0.3 is 9.84 Å². The summed E-state index contributed by atoms with van der Waals surface area (Å²) in [6, 6.07) is 1.71. The first-order valence-electron chi connectivity index (χ1n) is 4.36. The van der Waals surface area contributed by atoms with E-state index in [4.69, 9.17) is 16.3 Å². The molecule has 1 unspecified atom stereocenters. The van der Waals surface area contributed by atoms with Crippen LogP contribution in [-0.4, -0.2) is 16.7 Å². The number of hydrogen-bond acceptors (Lipinski definition) is 3. The summed E-state index contributed by atoms with van der Waals surface area (Å²) in [5, 5.41) is 10.4. The number of rotatable bonds is 2. The fourth-order valence-electron chi connectivity index (χ4n) is 1.39. The lowest BCUT2D eigenvalue weighted by molar-refractivity contribution is 0.212. The molecule has 1 aromatic rings. The molecule has 2 rings (SSSR count). The van der Waals surface area contributed by atoms with Gasteiger partial charge >= 0.3 is 0 Å². The Bertz CT molecular complexity index is 365. The Hall–Kier alpha value is -1.06. The third-order valence-corrected chi connectivity index (χ3v) is 2.34. The van der Waals surface area contributed by atoms with Crippen molar-refractivity contribution in [3.8, 4) is 0 Å². The molecule has 0 bridgehead atoms. The average Bonchev–Trinajstić information content (AvgIpc) is 2.69. The molecule has 0 aromatic carbocycles. The molecule has 1 atom stereocenters. The van der Waals surface area contributed by atoms with Gasteiger partial charge in [-0.1, -0.05) is 11.6 Å². The molecule has 0 saturated heterocycles. The molecular weight excluding hydrogens is 202 g/mol. The van der Waals surface area contributed by atoms with Gasteiger partial charge in [-0.05, 0) is 6.07 Å². The van der Waals surface area contributed by atoms with E-state index in [-0.39, 0.29) is 0 Å². The minimum absolute atomic E-state index is 0.529. The number of halogens is 1. The molecule has 0 spiro atoms. The van der Waals surface area contributed by atoms with Gasteiger partial charge in [-0.25, -0.2) is 0 Å². The zero-order valence-electron chi connectivity index (χ0n) is 7.48. The highest BCUT2D eigenvalue weighted by Gasteiger charge is 2.17. The summed E-state index contributed by atoms with van der Waals surface area (Å²) in [5.74, 6) is 0. The summed E-state index contributed by atoms with van der Waals surface area (Å²) in [7, 11) is 0. The largest absolute Gasteiger partial charge is 0.501 e. The molecule has 1 aliphatic heterocycles. The highest BCUT2D eigenvalue weighted by atomic mass is 35.5. The van der Waals surface area contributed by atoms with Crippen molar-refractivity contribution in [2.24, 2.45) is 0 Å².